The first-order chi connectivity index (χ1) is 19.4. The number of hydrogen-bond donors (Lipinski definition) is 4. The average Bonchev–Trinajstić information content (AvgIpc) is 2.98. The third-order valence-corrected chi connectivity index (χ3v) is 8.38. The van der Waals surface area contributed by atoms with Crippen LogP contribution in [-0.2, 0) is 0 Å². The molecule has 5 N–H and O–H groups in total. The Kier molecular flexibility index (Phi) is 9.00. The van der Waals surface area contributed by atoms with Crippen LogP contribution in [-0.4, -0.2) is 61.1 Å². The van der Waals surface area contributed by atoms with Crippen LogP contribution in [0.15, 0.2) is 48.7 Å². The van der Waals surface area contributed by atoms with E-state index in [0.717, 1.165) is 54.6 Å². The smallest absolute Gasteiger partial charge is 0.271 e. The third-order valence-electron chi connectivity index (χ3n) is 7.48. The predicted molar refractivity (Wildman–Crippen MR) is 164 cm³/mol. The Morgan fingerprint density at radius 1 is 1.12 bits per heavy atom. The molecule has 5 rings (SSSR count). The molecule has 2 aromatic carbocycles. The Morgan fingerprint density at radius 2 is 1.90 bits per heavy atom. The number of halogens is 1. The number of benzene rings is 2. The van der Waals surface area contributed by atoms with Crippen LogP contribution in [0.4, 0.5) is 17.3 Å². The molecule has 0 saturated carbocycles. The highest BCUT2D eigenvalue weighted by Gasteiger charge is 2.25. The highest BCUT2D eigenvalue weighted by Crippen LogP contribution is 2.31. The van der Waals surface area contributed by atoms with Crippen LogP contribution in [0.3, 0.4) is 0 Å². The number of carbonyl (C=O) groups excluding carboxylic acids is 2. The van der Waals surface area contributed by atoms with E-state index in [0.29, 0.717) is 35.4 Å². The van der Waals surface area contributed by atoms with E-state index >= 15 is 0 Å². The van der Waals surface area contributed by atoms with Crippen molar-refractivity contribution in [3.63, 3.8) is 0 Å². The highest BCUT2D eigenvalue weighted by atomic mass is 127. The summed E-state index contributed by atoms with van der Waals surface area (Å²) in [6.45, 7) is 3.41. The van der Waals surface area contributed by atoms with Gasteiger partial charge in [-0.15, -0.1) is 0 Å². The van der Waals surface area contributed by atoms with Crippen LogP contribution >= 0.6 is 22.6 Å². The molecular weight excluding hydrogens is 621 g/mol. The Labute approximate surface area is 247 Å². The summed E-state index contributed by atoms with van der Waals surface area (Å²) in [5.74, 6) is 1.42. The molecule has 0 bridgehead atoms. The van der Waals surface area contributed by atoms with Gasteiger partial charge in [0, 0.05) is 28.3 Å². The SMILES string of the molecule is COc1ccc(C(=O)N[C@@H]2CCCN(c3cnc(C(N)=O)c(Nc4ccc(C5CCNCC5)cc4I)n3)C2)cc1. The zero-order valence-corrected chi connectivity index (χ0v) is 24.6. The number of primary amides is 1. The fourth-order valence-electron chi connectivity index (χ4n) is 5.28. The van der Waals surface area contributed by atoms with E-state index in [-0.39, 0.29) is 17.6 Å². The standard InChI is InChI=1S/C29H34IN7O3/c1-40-22-7-4-19(5-8-22)29(39)34-21-3-2-14-37(17-21)25-16-33-26(27(31)38)28(36-25)35-24-9-6-20(15-23(24)30)18-10-12-32-13-11-18/h4-9,15-16,18,21,32H,2-3,10-14,17H2,1H3,(H2,31,38)(H,34,39)(H,35,36)/t21-/m1/s1. The maximum atomic E-state index is 12.8. The van der Waals surface area contributed by atoms with Crippen molar-refractivity contribution in [1.29, 1.82) is 0 Å². The van der Waals surface area contributed by atoms with Gasteiger partial charge in [0.1, 0.15) is 11.6 Å². The summed E-state index contributed by atoms with van der Waals surface area (Å²) in [6.07, 6.45) is 5.56. The molecular formula is C29H34IN7O3. The molecule has 2 saturated heterocycles. The maximum absolute atomic E-state index is 12.8. The lowest BCUT2D eigenvalue weighted by molar-refractivity contribution is 0.0931. The summed E-state index contributed by atoms with van der Waals surface area (Å²) in [5.41, 5.74) is 8.48. The highest BCUT2D eigenvalue weighted by molar-refractivity contribution is 14.1. The molecule has 2 amide bonds. The summed E-state index contributed by atoms with van der Waals surface area (Å²) in [7, 11) is 1.60. The zero-order chi connectivity index (χ0) is 28.1. The molecule has 10 nitrogen and oxygen atoms in total. The number of anilines is 3. The van der Waals surface area contributed by atoms with Crippen molar-refractivity contribution >= 4 is 51.7 Å². The molecule has 1 atom stereocenters. The first kappa shape index (κ1) is 28.1. The van der Waals surface area contributed by atoms with Gasteiger partial charge in [-0.25, -0.2) is 9.97 Å². The molecule has 1 aromatic heterocycles. The second-order valence-electron chi connectivity index (χ2n) is 10.2. The number of rotatable bonds is 8. The lowest BCUT2D eigenvalue weighted by atomic mass is 9.90. The van der Waals surface area contributed by atoms with Crippen LogP contribution in [0.2, 0.25) is 0 Å². The van der Waals surface area contributed by atoms with E-state index in [1.165, 1.54) is 5.56 Å². The van der Waals surface area contributed by atoms with E-state index < -0.39 is 5.91 Å². The van der Waals surface area contributed by atoms with Gasteiger partial charge < -0.3 is 31.3 Å². The lowest BCUT2D eigenvalue weighted by Gasteiger charge is -2.34. The summed E-state index contributed by atoms with van der Waals surface area (Å²) >= 11 is 2.31. The van der Waals surface area contributed by atoms with Crippen molar-refractivity contribution in [2.45, 2.75) is 37.6 Å². The number of nitrogens with two attached hydrogens (primary N) is 1. The monoisotopic (exact) mass is 655 g/mol. The van der Waals surface area contributed by atoms with E-state index in [1.54, 1.807) is 37.6 Å². The first-order valence-corrected chi connectivity index (χ1v) is 14.6. The Morgan fingerprint density at radius 3 is 2.60 bits per heavy atom. The molecule has 3 aromatic rings. The van der Waals surface area contributed by atoms with Crippen LogP contribution in [0.5, 0.6) is 5.75 Å². The van der Waals surface area contributed by atoms with E-state index in [9.17, 15) is 9.59 Å². The van der Waals surface area contributed by atoms with E-state index in [1.807, 2.05) is 6.07 Å². The van der Waals surface area contributed by atoms with E-state index in [2.05, 4.69) is 60.6 Å². The normalized spacial score (nSPS) is 17.8. The minimum atomic E-state index is -0.647. The number of carbonyl (C=O) groups is 2. The minimum absolute atomic E-state index is 0.0548. The number of hydrogen-bond acceptors (Lipinski definition) is 8. The average molecular weight is 656 g/mol. The molecule has 0 aliphatic carbocycles. The van der Waals surface area contributed by atoms with Crippen molar-refractivity contribution in [3.05, 3.63) is 69.1 Å². The van der Waals surface area contributed by atoms with Gasteiger partial charge in [0.15, 0.2) is 11.5 Å². The number of nitrogens with zero attached hydrogens (tertiary/aromatic N) is 3. The maximum Gasteiger partial charge on any atom is 0.271 e. The number of piperidine rings is 2. The molecule has 210 valence electrons. The van der Waals surface area contributed by atoms with Gasteiger partial charge in [-0.3, -0.25) is 9.59 Å². The summed E-state index contributed by atoms with van der Waals surface area (Å²) in [4.78, 5) is 36.2. The van der Waals surface area contributed by atoms with Gasteiger partial charge in [-0.05, 0) is 109 Å². The van der Waals surface area contributed by atoms with Gasteiger partial charge in [0.25, 0.3) is 11.8 Å². The van der Waals surface area contributed by atoms with Crippen molar-refractivity contribution in [2.75, 3.05) is 43.5 Å². The largest absolute Gasteiger partial charge is 0.497 e. The fourth-order valence-corrected chi connectivity index (χ4v) is 5.96. The minimum Gasteiger partial charge on any atom is -0.497 e. The molecule has 0 spiro atoms. The van der Waals surface area contributed by atoms with Crippen LogP contribution in [0.1, 0.15) is 58.0 Å². The second kappa shape index (κ2) is 12.8. The van der Waals surface area contributed by atoms with Crippen LogP contribution < -0.4 is 31.3 Å². The number of nitrogens with one attached hydrogen (secondary N) is 3. The summed E-state index contributed by atoms with van der Waals surface area (Å²) in [5, 5.41) is 9.85. The first-order valence-electron chi connectivity index (χ1n) is 13.5. The molecule has 2 fully saturated rings. The Hall–Kier alpha value is -3.45. The molecule has 3 heterocycles. The lowest BCUT2D eigenvalue weighted by Crippen LogP contribution is -2.48. The van der Waals surface area contributed by atoms with Gasteiger partial charge in [-0.1, -0.05) is 6.07 Å². The zero-order valence-electron chi connectivity index (χ0n) is 22.5. The Balaban J connectivity index is 1.30. The van der Waals surface area contributed by atoms with Crippen molar-refractivity contribution in [3.8, 4) is 5.75 Å². The van der Waals surface area contributed by atoms with E-state index in [4.69, 9.17) is 15.5 Å². The van der Waals surface area contributed by atoms with Gasteiger partial charge >= 0.3 is 0 Å². The third kappa shape index (κ3) is 6.64. The number of amides is 2. The molecule has 2 aliphatic rings. The second-order valence-corrected chi connectivity index (χ2v) is 11.3. The van der Waals surface area contributed by atoms with Gasteiger partial charge in [-0.2, -0.15) is 0 Å². The number of methoxy groups -OCH3 is 1. The summed E-state index contributed by atoms with van der Waals surface area (Å²) in [6, 6.07) is 13.4. The topological polar surface area (TPSA) is 134 Å². The van der Waals surface area contributed by atoms with Crippen molar-refractivity contribution in [2.24, 2.45) is 5.73 Å². The van der Waals surface area contributed by atoms with Crippen molar-refractivity contribution < 1.29 is 14.3 Å². The molecule has 0 unspecified atom stereocenters. The van der Waals surface area contributed by atoms with Crippen LogP contribution in [0.25, 0.3) is 0 Å². The molecule has 40 heavy (non-hydrogen) atoms. The Bertz CT molecular complexity index is 1360. The summed E-state index contributed by atoms with van der Waals surface area (Å²) < 4.78 is 6.22. The fraction of sp³-hybridized carbons (Fsp3) is 0.379. The number of aromatic nitrogens is 2. The quantitative estimate of drug-likeness (QED) is 0.270. The molecule has 11 heteroatoms. The number of ether oxygens (including phenoxy) is 1. The van der Waals surface area contributed by atoms with Gasteiger partial charge in [0.05, 0.1) is 19.0 Å². The predicted octanol–water partition coefficient (Wildman–Crippen LogP) is 3.80. The molecule has 0 radical (unpaired) electrons. The van der Waals surface area contributed by atoms with Gasteiger partial charge in [0.2, 0.25) is 0 Å². The van der Waals surface area contributed by atoms with Crippen molar-refractivity contribution in [1.82, 2.24) is 20.6 Å². The van der Waals surface area contributed by atoms with Crippen LogP contribution in [0, 0.1) is 3.57 Å². The molecule has 2 aliphatic heterocycles.